The first-order valence-corrected chi connectivity index (χ1v) is 6.79. The van der Waals surface area contributed by atoms with Gasteiger partial charge in [0, 0.05) is 17.5 Å². The molecule has 0 aliphatic rings. The van der Waals surface area contributed by atoms with Gasteiger partial charge in [0.15, 0.2) is 6.61 Å². The molecule has 0 bridgehead atoms. The summed E-state index contributed by atoms with van der Waals surface area (Å²) in [5.74, 6) is -1.07. The molecule has 1 rings (SSSR count). The number of aliphatic carboxylic acids is 1. The van der Waals surface area contributed by atoms with E-state index in [-0.39, 0.29) is 6.61 Å². The number of nitrogens with one attached hydrogen (secondary N) is 2. The Balaban J connectivity index is 0.00000232. The first-order valence-electron chi connectivity index (χ1n) is 6.79. The van der Waals surface area contributed by atoms with Crippen molar-refractivity contribution in [2.75, 3.05) is 18.5 Å². The van der Waals surface area contributed by atoms with Gasteiger partial charge in [-0.05, 0) is 25.1 Å². The number of hydrogen-bond donors (Lipinski definition) is 3. The normalized spacial score (nSPS) is 9.87. The Morgan fingerprint density at radius 1 is 1.35 bits per heavy atom. The standard InChI is InChI=1S/C15H18N2O4.C2H4/c1-3-5-11(2)17-12-6-4-7-13(8-12)21-10-14(18)16-9-15(19)20;1-2/h3-8,17H,1,9-10H2,2H3,(H,16,18)(H,19,20);1-2H2/b11-5+;. The number of rotatable bonds is 8. The third-order valence-corrected chi connectivity index (χ3v) is 2.35. The molecule has 0 heterocycles. The minimum Gasteiger partial charge on any atom is -0.484 e. The Kier molecular flexibility index (Phi) is 10.1. The van der Waals surface area contributed by atoms with Gasteiger partial charge in [-0.2, -0.15) is 0 Å². The summed E-state index contributed by atoms with van der Waals surface area (Å²) in [4.78, 5) is 21.6. The van der Waals surface area contributed by atoms with Crippen LogP contribution in [-0.2, 0) is 9.59 Å². The highest BCUT2D eigenvalue weighted by Crippen LogP contribution is 2.18. The molecule has 3 N–H and O–H groups in total. The second-order valence-corrected chi connectivity index (χ2v) is 4.20. The maximum absolute atomic E-state index is 11.3. The lowest BCUT2D eigenvalue weighted by molar-refractivity contribution is -0.138. The highest BCUT2D eigenvalue weighted by molar-refractivity contribution is 5.82. The molecular formula is C17H22N2O4. The van der Waals surface area contributed by atoms with Gasteiger partial charge in [0.25, 0.3) is 5.91 Å². The lowest BCUT2D eigenvalue weighted by Gasteiger charge is -2.10. The van der Waals surface area contributed by atoms with Crippen LogP contribution in [0.15, 0.2) is 61.9 Å². The number of carbonyl (C=O) groups excluding carboxylic acids is 1. The Bertz CT molecular complexity index is 567. The van der Waals surface area contributed by atoms with Gasteiger partial charge in [-0.25, -0.2) is 0 Å². The molecule has 23 heavy (non-hydrogen) atoms. The number of allylic oxidation sites excluding steroid dienone is 3. The van der Waals surface area contributed by atoms with Gasteiger partial charge in [0.05, 0.1) is 0 Å². The average Bonchev–Trinajstić information content (AvgIpc) is 2.53. The molecule has 0 saturated heterocycles. The van der Waals surface area contributed by atoms with E-state index in [2.05, 4.69) is 30.4 Å². The molecule has 0 radical (unpaired) electrons. The smallest absolute Gasteiger partial charge is 0.322 e. The van der Waals surface area contributed by atoms with Crippen molar-refractivity contribution < 1.29 is 19.4 Å². The predicted octanol–water partition coefficient (Wildman–Crippen LogP) is 2.57. The average molecular weight is 318 g/mol. The van der Waals surface area contributed by atoms with Crippen molar-refractivity contribution >= 4 is 17.6 Å². The van der Waals surface area contributed by atoms with E-state index in [0.29, 0.717) is 5.75 Å². The van der Waals surface area contributed by atoms with Crippen LogP contribution in [0.25, 0.3) is 0 Å². The van der Waals surface area contributed by atoms with Crippen LogP contribution >= 0.6 is 0 Å². The molecule has 0 atom stereocenters. The van der Waals surface area contributed by atoms with Crippen LogP contribution in [0.5, 0.6) is 5.75 Å². The number of hydrogen-bond acceptors (Lipinski definition) is 4. The Morgan fingerprint density at radius 3 is 2.65 bits per heavy atom. The van der Waals surface area contributed by atoms with Gasteiger partial charge < -0.3 is 20.5 Å². The summed E-state index contributed by atoms with van der Waals surface area (Å²) in [7, 11) is 0. The fraction of sp³-hybridized carbons (Fsp3) is 0.176. The molecular weight excluding hydrogens is 296 g/mol. The minimum absolute atomic E-state index is 0.238. The lowest BCUT2D eigenvalue weighted by atomic mass is 10.3. The molecule has 6 nitrogen and oxygen atoms in total. The minimum atomic E-state index is -1.10. The zero-order chi connectivity index (χ0) is 17.7. The number of ether oxygens (including phenoxy) is 1. The van der Waals surface area contributed by atoms with Gasteiger partial charge in [0.1, 0.15) is 12.3 Å². The van der Waals surface area contributed by atoms with E-state index < -0.39 is 18.4 Å². The summed E-state index contributed by atoms with van der Waals surface area (Å²) in [5, 5.41) is 13.8. The number of carboxylic acids is 1. The zero-order valence-electron chi connectivity index (χ0n) is 13.2. The topological polar surface area (TPSA) is 87.7 Å². The summed E-state index contributed by atoms with van der Waals surface area (Å²) in [6, 6.07) is 7.10. The quantitative estimate of drug-likeness (QED) is 0.506. The van der Waals surface area contributed by atoms with E-state index in [1.165, 1.54) is 0 Å². The van der Waals surface area contributed by atoms with E-state index in [1.54, 1.807) is 24.3 Å². The van der Waals surface area contributed by atoms with Gasteiger partial charge in [-0.15, -0.1) is 13.2 Å². The zero-order valence-corrected chi connectivity index (χ0v) is 13.2. The number of anilines is 1. The lowest BCUT2D eigenvalue weighted by Crippen LogP contribution is -2.33. The molecule has 6 heteroatoms. The fourth-order valence-electron chi connectivity index (χ4n) is 1.48. The Hall–Kier alpha value is -3.02. The van der Waals surface area contributed by atoms with E-state index in [0.717, 1.165) is 11.4 Å². The van der Waals surface area contributed by atoms with Crippen LogP contribution in [0.4, 0.5) is 5.69 Å². The second kappa shape index (κ2) is 11.6. The van der Waals surface area contributed by atoms with Crippen LogP contribution in [-0.4, -0.2) is 30.1 Å². The van der Waals surface area contributed by atoms with Gasteiger partial charge in [-0.3, -0.25) is 9.59 Å². The van der Waals surface area contributed by atoms with E-state index in [9.17, 15) is 9.59 Å². The first-order chi connectivity index (χ1) is 11.0. The SMILES string of the molecule is C=C.C=C/C=C(\C)Nc1cccc(OCC(=O)NCC(=O)O)c1. The molecule has 1 aromatic rings. The van der Waals surface area contributed by atoms with Crippen LogP contribution in [0.1, 0.15) is 6.92 Å². The third kappa shape index (κ3) is 9.52. The molecule has 0 unspecified atom stereocenters. The Labute approximate surface area is 136 Å². The number of benzene rings is 1. The largest absolute Gasteiger partial charge is 0.484 e. The monoisotopic (exact) mass is 318 g/mol. The van der Waals surface area contributed by atoms with Crippen molar-refractivity contribution in [1.82, 2.24) is 5.32 Å². The Morgan fingerprint density at radius 2 is 2.04 bits per heavy atom. The molecule has 0 fully saturated rings. The fourth-order valence-corrected chi connectivity index (χ4v) is 1.48. The number of amides is 1. The molecule has 0 aliphatic carbocycles. The van der Waals surface area contributed by atoms with Crippen LogP contribution in [0.3, 0.4) is 0 Å². The van der Waals surface area contributed by atoms with Crippen molar-refractivity contribution in [3.8, 4) is 5.75 Å². The maximum atomic E-state index is 11.3. The van der Waals surface area contributed by atoms with Crippen molar-refractivity contribution in [1.29, 1.82) is 0 Å². The van der Waals surface area contributed by atoms with Crippen LogP contribution < -0.4 is 15.4 Å². The number of carboxylic acid groups (broad SMARTS) is 1. The molecule has 0 aromatic heterocycles. The maximum Gasteiger partial charge on any atom is 0.322 e. The van der Waals surface area contributed by atoms with E-state index >= 15 is 0 Å². The summed E-state index contributed by atoms with van der Waals surface area (Å²) in [6.07, 6.45) is 3.50. The summed E-state index contributed by atoms with van der Waals surface area (Å²) in [6.45, 7) is 10.8. The third-order valence-electron chi connectivity index (χ3n) is 2.35. The first kappa shape index (κ1) is 20.0. The molecule has 0 spiro atoms. The van der Waals surface area contributed by atoms with Gasteiger partial charge >= 0.3 is 5.97 Å². The number of carbonyl (C=O) groups is 2. The summed E-state index contributed by atoms with van der Waals surface area (Å²) >= 11 is 0. The van der Waals surface area contributed by atoms with Crippen molar-refractivity contribution in [3.05, 3.63) is 61.9 Å². The highest BCUT2D eigenvalue weighted by Gasteiger charge is 2.05. The van der Waals surface area contributed by atoms with E-state index in [1.807, 2.05) is 19.1 Å². The van der Waals surface area contributed by atoms with Crippen LogP contribution in [0, 0.1) is 0 Å². The predicted molar refractivity (Wildman–Crippen MR) is 91.4 cm³/mol. The molecule has 0 saturated carbocycles. The van der Waals surface area contributed by atoms with Gasteiger partial charge in [-0.1, -0.05) is 18.7 Å². The van der Waals surface area contributed by atoms with E-state index in [4.69, 9.17) is 9.84 Å². The molecule has 0 aliphatic heterocycles. The van der Waals surface area contributed by atoms with Gasteiger partial charge in [0.2, 0.25) is 0 Å². The highest BCUT2D eigenvalue weighted by atomic mass is 16.5. The molecule has 1 amide bonds. The van der Waals surface area contributed by atoms with Crippen molar-refractivity contribution in [3.63, 3.8) is 0 Å². The molecule has 1 aromatic carbocycles. The summed E-state index contributed by atoms with van der Waals surface area (Å²) < 4.78 is 5.30. The van der Waals surface area contributed by atoms with Crippen molar-refractivity contribution in [2.24, 2.45) is 0 Å². The molecule has 124 valence electrons. The second-order valence-electron chi connectivity index (χ2n) is 4.20. The van der Waals surface area contributed by atoms with Crippen molar-refractivity contribution in [2.45, 2.75) is 6.92 Å². The summed E-state index contributed by atoms with van der Waals surface area (Å²) in [5.41, 5.74) is 1.73. The van der Waals surface area contributed by atoms with Crippen LogP contribution in [0.2, 0.25) is 0 Å².